The van der Waals surface area contributed by atoms with E-state index in [1.54, 1.807) is 0 Å². The van der Waals surface area contributed by atoms with Crippen LogP contribution < -0.4 is 42.3 Å². The summed E-state index contributed by atoms with van der Waals surface area (Å²) in [5.41, 5.74) is 28.8. The number of ether oxygens (including phenoxy) is 2. The van der Waals surface area contributed by atoms with Gasteiger partial charge in [-0.15, -0.1) is 11.3 Å². The Balaban J connectivity index is 0.831. The van der Waals surface area contributed by atoms with Gasteiger partial charge in [-0.1, -0.05) is 91.0 Å². The molecule has 4 aliphatic rings. The van der Waals surface area contributed by atoms with Gasteiger partial charge in [-0.3, -0.25) is 17.9 Å². The lowest BCUT2D eigenvalue weighted by Crippen LogP contribution is -2.58. The van der Waals surface area contributed by atoms with Crippen LogP contribution in [0.5, 0.6) is 23.0 Å². The van der Waals surface area contributed by atoms with Crippen molar-refractivity contribution in [1.29, 1.82) is 0 Å². The van der Waals surface area contributed by atoms with Crippen molar-refractivity contribution in [2.45, 2.75) is 41.0 Å². The lowest BCUT2D eigenvalue weighted by Gasteiger charge is -2.33. The monoisotopic (exact) mass is 1080 g/mol. The van der Waals surface area contributed by atoms with Crippen molar-refractivity contribution in [3.05, 3.63) is 203 Å². The zero-order valence-electron chi connectivity index (χ0n) is 45.8. The highest BCUT2D eigenvalue weighted by Crippen LogP contribution is 2.47. The second kappa shape index (κ2) is 14.6. The van der Waals surface area contributed by atoms with Crippen LogP contribution >= 0.6 is 11.3 Å². The molecule has 0 aliphatic carbocycles. The van der Waals surface area contributed by atoms with E-state index in [9.17, 15) is 0 Å². The number of benzene rings is 10. The van der Waals surface area contributed by atoms with Gasteiger partial charge in [0.05, 0.1) is 22.1 Å². The van der Waals surface area contributed by atoms with Gasteiger partial charge in [-0.05, 0) is 196 Å². The highest BCUT2D eigenvalue weighted by molar-refractivity contribution is 7.26. The molecule has 10 aromatic carbocycles. The van der Waals surface area contributed by atoms with Crippen molar-refractivity contribution in [1.82, 2.24) is 17.9 Å². The van der Waals surface area contributed by atoms with Gasteiger partial charge in [0, 0.05) is 48.4 Å². The molecule has 0 radical (unpaired) electrons. The van der Waals surface area contributed by atoms with Gasteiger partial charge in [0.15, 0.2) is 0 Å². The molecule has 83 heavy (non-hydrogen) atoms. The first-order valence-electron chi connectivity index (χ1n) is 28.8. The van der Waals surface area contributed by atoms with E-state index in [0.717, 1.165) is 94.9 Å². The Morgan fingerprint density at radius 3 is 1.95 bits per heavy atom. The fourth-order valence-corrected chi connectivity index (χ4v) is 17.7. The van der Waals surface area contributed by atoms with Crippen molar-refractivity contribution in [3.8, 4) is 34.4 Å². The number of nitrogens with zero attached hydrogens (tertiary/aromatic N) is 4. The molecule has 388 valence electrons. The summed E-state index contributed by atoms with van der Waals surface area (Å²) < 4.78 is 39.7. The minimum absolute atomic E-state index is 0.0836. The van der Waals surface area contributed by atoms with Crippen LogP contribution in [0.15, 0.2) is 173 Å². The molecule has 8 nitrogen and oxygen atoms in total. The van der Waals surface area contributed by atoms with Crippen molar-refractivity contribution in [3.63, 3.8) is 0 Å². The number of rotatable bonds is 2. The molecule has 7 aromatic heterocycles. The first-order chi connectivity index (χ1) is 40.7. The minimum atomic E-state index is -0.121. The molecule has 11 heteroatoms. The summed E-state index contributed by atoms with van der Waals surface area (Å²) >= 11 is 1.90. The standard InChI is InChI=1S/C72H44B2N4O4S/c1-34-23-37(4)67-50(26-34)77-69-66(73-46-17-8-10-19-53(46)80-57-28-36(3)25-48(63(57)73)75(67)69)62-60-43-16-12-13-40(41(43)21-22-54(60)82-71(62)77)29-39-30-49-64-58(31-39)81-56-32-45-42-14-6-9-18-52(42)79-55(45)33-47(56)74(64)65-61-44-15-7-11-20-59(44)83-72(61)78-51-27-35(2)24-38(5)68(51)76(49)70(65)78/h6-28,30-33H,29H2,1-5H3. The molecular formula is C72H44B2N4O4S. The van der Waals surface area contributed by atoms with Gasteiger partial charge in [-0.25, -0.2) is 0 Å². The smallest absolute Gasteiger partial charge is 0.259 e. The quantitative estimate of drug-likeness (QED) is 0.162. The number of para-hydroxylation sites is 2. The van der Waals surface area contributed by atoms with Gasteiger partial charge in [0.25, 0.3) is 13.4 Å². The minimum Gasteiger partial charge on any atom is -0.458 e. The van der Waals surface area contributed by atoms with Crippen LogP contribution in [0.1, 0.15) is 38.9 Å². The van der Waals surface area contributed by atoms with Gasteiger partial charge in [-0.2, -0.15) is 0 Å². The van der Waals surface area contributed by atoms with Gasteiger partial charge >= 0.3 is 0 Å². The van der Waals surface area contributed by atoms with Crippen LogP contribution in [0.4, 0.5) is 0 Å². The van der Waals surface area contributed by atoms with Crippen LogP contribution in [0.3, 0.4) is 0 Å². The number of aryl methyl sites for hydroxylation is 5. The Kier molecular flexibility index (Phi) is 7.73. The molecule has 0 fully saturated rings. The third-order valence-corrected chi connectivity index (χ3v) is 20.5. The van der Waals surface area contributed by atoms with Crippen LogP contribution in [-0.2, 0) is 6.42 Å². The highest BCUT2D eigenvalue weighted by atomic mass is 32.1. The van der Waals surface area contributed by atoms with E-state index < -0.39 is 0 Å². The zero-order valence-corrected chi connectivity index (χ0v) is 46.6. The maximum atomic E-state index is 7.43. The molecule has 0 bridgehead atoms. The van der Waals surface area contributed by atoms with Gasteiger partial charge in [0.1, 0.15) is 55.9 Å². The molecule has 0 unspecified atom stereocenters. The third kappa shape index (κ3) is 5.17. The molecule has 0 saturated carbocycles. The first-order valence-corrected chi connectivity index (χ1v) is 29.6. The predicted molar refractivity (Wildman–Crippen MR) is 342 cm³/mol. The number of imidazole rings is 2. The molecular weight excluding hydrogens is 1040 g/mol. The van der Waals surface area contributed by atoms with E-state index in [4.69, 9.17) is 18.3 Å². The molecule has 0 N–H and O–H groups in total. The fraction of sp³-hybridized carbons (Fsp3) is 0.0833. The Labute approximate surface area is 477 Å². The molecule has 0 amide bonds. The Morgan fingerprint density at radius 2 is 1.11 bits per heavy atom. The van der Waals surface area contributed by atoms with E-state index in [0.29, 0.717) is 6.42 Å². The number of furan rings is 2. The van der Waals surface area contributed by atoms with Crippen LogP contribution in [0.2, 0.25) is 0 Å². The number of aromatic nitrogens is 4. The summed E-state index contributed by atoms with van der Waals surface area (Å²) in [6, 6.07) is 60.7. The summed E-state index contributed by atoms with van der Waals surface area (Å²) in [4.78, 5) is 1.28. The van der Waals surface area contributed by atoms with Crippen LogP contribution in [0, 0.1) is 34.6 Å². The second-order valence-corrected chi connectivity index (χ2v) is 25.2. The van der Waals surface area contributed by atoms with E-state index in [1.807, 2.05) is 11.3 Å². The number of hydrogen-bond donors (Lipinski definition) is 0. The average Bonchev–Trinajstić information content (AvgIpc) is 1.56. The molecule has 0 atom stereocenters. The van der Waals surface area contributed by atoms with E-state index in [-0.39, 0.29) is 13.4 Å². The molecule has 11 heterocycles. The lowest BCUT2D eigenvalue weighted by atomic mass is 9.34. The van der Waals surface area contributed by atoms with Crippen molar-refractivity contribution >= 4 is 166 Å². The Hall–Kier alpha value is -9.83. The number of thiophene rings is 1. The Morgan fingerprint density at radius 1 is 0.434 bits per heavy atom. The largest absolute Gasteiger partial charge is 0.458 e. The first kappa shape index (κ1) is 43.9. The van der Waals surface area contributed by atoms with Crippen LogP contribution in [-0.4, -0.2) is 31.4 Å². The normalized spacial score (nSPS) is 13.8. The third-order valence-electron chi connectivity index (χ3n) is 19.4. The maximum absolute atomic E-state index is 7.43. The number of hydrogen-bond acceptors (Lipinski definition) is 5. The molecule has 21 rings (SSSR count). The molecule has 0 saturated heterocycles. The average molecular weight is 1080 g/mol. The van der Waals surface area contributed by atoms with E-state index in [2.05, 4.69) is 216 Å². The molecule has 17 aromatic rings. The van der Waals surface area contributed by atoms with Gasteiger partial charge < -0.3 is 18.3 Å². The summed E-state index contributed by atoms with van der Waals surface area (Å²) in [7, 11) is 0. The lowest BCUT2D eigenvalue weighted by molar-refractivity contribution is 0.486. The molecule has 0 spiro atoms. The molecule has 4 aliphatic heterocycles. The zero-order chi connectivity index (χ0) is 54.3. The van der Waals surface area contributed by atoms with Crippen LogP contribution in [0.25, 0.3) is 120 Å². The SMILES string of the molecule is Cc1cc2c3c(c1)-n1c4c(C)cc(C)cc4n4c5oc6ccc7c(Cc8cc9c%10c(c8)-n8c%11c(C)cc(C)cc%11n%11c%12sc%13ccccc%13c%12c(c8%11)B%10c8cc%10oc%11ccccc%11c%10cc8O9)cccc7c6c5c(c14)B3c1ccccc1O2. The topological polar surface area (TPSA) is 63.4 Å². The summed E-state index contributed by atoms with van der Waals surface area (Å²) in [6.45, 7) is 10.9. The van der Waals surface area contributed by atoms with Crippen molar-refractivity contribution in [2.24, 2.45) is 0 Å². The fourth-order valence-electron chi connectivity index (χ4n) is 16.5. The van der Waals surface area contributed by atoms with E-state index >= 15 is 0 Å². The summed E-state index contributed by atoms with van der Waals surface area (Å²) in [6.07, 6.45) is 0.680. The van der Waals surface area contributed by atoms with Crippen molar-refractivity contribution < 1.29 is 18.3 Å². The number of fused-ring (bicyclic) bond motifs is 29. The van der Waals surface area contributed by atoms with Crippen molar-refractivity contribution in [2.75, 3.05) is 0 Å². The highest BCUT2D eigenvalue weighted by Gasteiger charge is 2.47. The summed E-state index contributed by atoms with van der Waals surface area (Å²) in [5.74, 6) is 3.59. The Bertz CT molecular complexity index is 6020. The maximum Gasteiger partial charge on any atom is 0.259 e. The second-order valence-electron chi connectivity index (χ2n) is 24.2. The van der Waals surface area contributed by atoms with E-state index in [1.165, 1.54) is 120 Å². The predicted octanol–water partition coefficient (Wildman–Crippen LogP) is 14.4. The van der Waals surface area contributed by atoms with Gasteiger partial charge in [0.2, 0.25) is 5.71 Å². The summed E-state index contributed by atoms with van der Waals surface area (Å²) in [5, 5.41) is 9.44.